The van der Waals surface area contributed by atoms with Crippen LogP contribution in [0.25, 0.3) is 44.6 Å². The predicted octanol–water partition coefficient (Wildman–Crippen LogP) is 9.63. The molecule has 2 unspecified atom stereocenters. The number of hydrogen-bond donors (Lipinski definition) is 4. The van der Waals surface area contributed by atoms with Gasteiger partial charge in [0.2, 0.25) is 0 Å². The maximum atomic E-state index is 13.6. The molecule has 6 aliphatic heterocycles. The zero-order valence-corrected chi connectivity index (χ0v) is 41.2. The molecule has 0 spiro atoms. The maximum absolute atomic E-state index is 13.6. The number of halogens is 9. The van der Waals surface area contributed by atoms with Gasteiger partial charge in [-0.05, 0) is 126 Å². The standard InChI is InChI=1S/C24H25F3N6O.C17H12ClF3N4O.C7H14N2.2ClH/c1-2-34-21-4-3-15(9-16(21)24(25,26)27)17-10-18-23(19(11-28)30-17)32-22(31-18)12-29-20-13-33-7-5-14(20)6-8-33;1-2-26-14-4-3-9(5-10(14)17(19,20)21)11-6-12-16(13(8-22)23-11)25-15(7-18)24-12;8-7-5-9-3-1-6(7)2-4-9;;/h3-4,9-10,14,20,29H,2,5-8,12-13H2,1H3,(H,31,32);3-6H,2,7H2,1H3,(H,24,25);6-7H,1-5,8H2;2*1H. The Bertz CT molecular complexity index is 2870. The molecule has 2 aromatic carbocycles. The molecule has 0 amide bonds. The third-order valence-electron chi connectivity index (χ3n) is 13.0. The lowest BCUT2D eigenvalue weighted by Crippen LogP contribution is -2.55. The molecule has 71 heavy (non-hydrogen) atoms. The van der Waals surface area contributed by atoms with Crippen LogP contribution in [0.15, 0.2) is 48.5 Å². The number of benzene rings is 2. The van der Waals surface area contributed by atoms with Gasteiger partial charge < -0.3 is 40.3 Å². The first-order valence-electron chi connectivity index (χ1n) is 22.9. The number of aromatic nitrogens is 6. The van der Waals surface area contributed by atoms with Gasteiger partial charge in [0, 0.05) is 36.3 Å². The van der Waals surface area contributed by atoms with Gasteiger partial charge in [0.05, 0.1) is 59.2 Å². The minimum Gasteiger partial charge on any atom is -0.493 e. The molecule has 6 aliphatic rings. The highest BCUT2D eigenvalue weighted by atomic mass is 35.5. The van der Waals surface area contributed by atoms with Gasteiger partial charge in [-0.15, -0.1) is 36.4 Å². The first-order valence-corrected chi connectivity index (χ1v) is 23.4. The molecule has 2 atom stereocenters. The van der Waals surface area contributed by atoms with E-state index in [4.69, 9.17) is 26.8 Å². The van der Waals surface area contributed by atoms with Crippen molar-refractivity contribution in [2.45, 2.75) is 76.4 Å². The molecule has 23 heteroatoms. The predicted molar refractivity (Wildman–Crippen MR) is 261 cm³/mol. The molecule has 4 bridgehead atoms. The van der Waals surface area contributed by atoms with E-state index in [2.05, 4.69) is 45.0 Å². The Balaban J connectivity index is 0.000000197. The van der Waals surface area contributed by atoms with Gasteiger partial charge in [-0.2, -0.15) is 36.9 Å². The van der Waals surface area contributed by atoms with Crippen LogP contribution in [0.2, 0.25) is 0 Å². The minimum atomic E-state index is -4.58. The SMILES string of the molecule is CCOc1ccc(-c2cc3[nH]c(CCl)nc3c(C#N)n2)cc1C(F)(F)F.CCOc1ccc(-c2cc3[nH]c(CNC4CN5CCC4CC5)nc3c(C#N)n2)cc1C(F)(F)F.Cl.Cl.NC1CN2CCC1CC2. The van der Waals surface area contributed by atoms with Gasteiger partial charge in [-0.1, -0.05) is 0 Å². The Hall–Kier alpha value is -5.45. The molecule has 10 heterocycles. The van der Waals surface area contributed by atoms with Crippen molar-refractivity contribution in [3.05, 3.63) is 82.7 Å². The summed E-state index contributed by atoms with van der Waals surface area (Å²) in [7, 11) is 0. The highest BCUT2D eigenvalue weighted by Crippen LogP contribution is 2.41. The Morgan fingerprint density at radius 2 is 1.14 bits per heavy atom. The van der Waals surface area contributed by atoms with E-state index in [-0.39, 0.29) is 89.3 Å². The van der Waals surface area contributed by atoms with Crippen LogP contribution in [0.3, 0.4) is 0 Å². The third-order valence-corrected chi connectivity index (χ3v) is 13.3. The summed E-state index contributed by atoms with van der Waals surface area (Å²) in [6.45, 7) is 11.1. The normalized spacial score (nSPS) is 21.1. The number of H-pyrrole nitrogens is 2. The summed E-state index contributed by atoms with van der Waals surface area (Å²) in [6.07, 6.45) is -4.06. The van der Waals surface area contributed by atoms with E-state index in [9.17, 15) is 36.9 Å². The van der Waals surface area contributed by atoms with Crippen molar-refractivity contribution in [1.82, 2.24) is 45.0 Å². The summed E-state index contributed by atoms with van der Waals surface area (Å²) in [5, 5.41) is 22.5. The highest BCUT2D eigenvalue weighted by molar-refractivity contribution is 6.16. The average molecular weight is 1050 g/mol. The molecule has 0 saturated carbocycles. The molecule has 14 nitrogen and oxygen atoms in total. The molecule has 6 saturated heterocycles. The zero-order chi connectivity index (χ0) is 49.0. The Morgan fingerprint density at radius 1 is 0.690 bits per heavy atom. The fourth-order valence-corrected chi connectivity index (χ4v) is 9.67. The maximum Gasteiger partial charge on any atom is 0.419 e. The summed E-state index contributed by atoms with van der Waals surface area (Å²) in [5.41, 5.74) is 6.90. The van der Waals surface area contributed by atoms with E-state index >= 15 is 0 Å². The van der Waals surface area contributed by atoms with Crippen molar-refractivity contribution in [1.29, 1.82) is 10.5 Å². The van der Waals surface area contributed by atoms with E-state index in [1.807, 2.05) is 12.1 Å². The molecule has 5 N–H and O–H groups in total. The van der Waals surface area contributed by atoms with Crippen LogP contribution < -0.4 is 20.5 Å². The summed E-state index contributed by atoms with van der Waals surface area (Å²) in [4.78, 5) is 28.2. The molecular weight excluding hydrogens is 997 g/mol. The van der Waals surface area contributed by atoms with Crippen LogP contribution in [0.4, 0.5) is 26.3 Å². The minimum absolute atomic E-state index is 0. The van der Waals surface area contributed by atoms with Crippen molar-refractivity contribution >= 4 is 58.5 Å². The number of nitrogens with zero attached hydrogens (tertiary/aromatic N) is 8. The smallest absolute Gasteiger partial charge is 0.419 e. The van der Waals surface area contributed by atoms with Crippen LogP contribution in [-0.4, -0.2) is 104 Å². The fraction of sp³-hybridized carbons (Fsp3) is 0.458. The largest absolute Gasteiger partial charge is 0.493 e. The van der Waals surface area contributed by atoms with Crippen LogP contribution in [0, 0.1) is 34.5 Å². The van der Waals surface area contributed by atoms with Crippen molar-refractivity contribution < 1.29 is 35.8 Å². The highest BCUT2D eigenvalue weighted by Gasteiger charge is 2.37. The number of aromatic amines is 2. The first-order chi connectivity index (χ1) is 33.1. The molecule has 0 radical (unpaired) electrons. The lowest BCUT2D eigenvalue weighted by atomic mass is 9.84. The third kappa shape index (κ3) is 12.6. The molecule has 6 fully saturated rings. The van der Waals surface area contributed by atoms with E-state index in [1.54, 1.807) is 19.9 Å². The Kier molecular flexibility index (Phi) is 18.1. The van der Waals surface area contributed by atoms with Gasteiger partial charge >= 0.3 is 12.4 Å². The van der Waals surface area contributed by atoms with Gasteiger partial charge in [-0.25, -0.2) is 19.9 Å². The van der Waals surface area contributed by atoms with Crippen molar-refractivity contribution in [3.8, 4) is 46.2 Å². The molecular formula is C48H53Cl3F6N12O2. The second-order valence-electron chi connectivity index (χ2n) is 17.4. The van der Waals surface area contributed by atoms with E-state index in [0.717, 1.165) is 44.2 Å². The quantitative estimate of drug-likeness (QED) is 0.0751. The number of hydrogen-bond acceptors (Lipinski definition) is 12. The first kappa shape index (κ1) is 54.9. The van der Waals surface area contributed by atoms with Gasteiger partial charge in [0.1, 0.15) is 46.3 Å². The van der Waals surface area contributed by atoms with Crippen LogP contribution >= 0.6 is 36.4 Å². The second-order valence-corrected chi connectivity index (χ2v) is 17.7. The summed E-state index contributed by atoms with van der Waals surface area (Å²) < 4.78 is 91.0. The summed E-state index contributed by atoms with van der Waals surface area (Å²) in [6, 6.07) is 15.5. The lowest BCUT2D eigenvalue weighted by molar-refractivity contribution is -0.139. The molecule has 0 aliphatic carbocycles. The van der Waals surface area contributed by atoms with E-state index < -0.39 is 23.5 Å². The fourth-order valence-electron chi connectivity index (χ4n) is 9.55. The van der Waals surface area contributed by atoms with Gasteiger partial charge in [-0.3, -0.25) is 0 Å². The van der Waals surface area contributed by atoms with Crippen molar-refractivity contribution in [3.63, 3.8) is 0 Å². The topological polar surface area (TPSA) is 194 Å². The summed E-state index contributed by atoms with van der Waals surface area (Å²) in [5.74, 6) is 2.26. The van der Waals surface area contributed by atoms with Crippen molar-refractivity contribution in [2.75, 3.05) is 52.5 Å². The second kappa shape index (κ2) is 23.4. The molecule has 380 valence electrons. The number of fused-ring (bicyclic) bond motifs is 8. The number of nitriles is 2. The zero-order valence-electron chi connectivity index (χ0n) is 38.8. The van der Waals surface area contributed by atoms with E-state index in [1.165, 1.54) is 69.1 Å². The number of ether oxygens (including phenoxy) is 2. The monoisotopic (exact) mass is 1050 g/mol. The number of alkyl halides is 7. The Morgan fingerprint density at radius 3 is 1.51 bits per heavy atom. The number of imidazole rings is 2. The van der Waals surface area contributed by atoms with Crippen LogP contribution in [-0.2, 0) is 24.8 Å². The number of nitrogens with one attached hydrogen (secondary N) is 3. The van der Waals surface area contributed by atoms with Crippen molar-refractivity contribution in [2.24, 2.45) is 17.6 Å². The average Bonchev–Trinajstić information content (AvgIpc) is 3.98. The van der Waals surface area contributed by atoms with Gasteiger partial charge in [0.25, 0.3) is 0 Å². The molecule has 12 rings (SSSR count). The van der Waals surface area contributed by atoms with E-state index in [0.29, 0.717) is 58.3 Å². The van der Waals surface area contributed by atoms with Crippen LogP contribution in [0.1, 0.15) is 73.7 Å². The molecule has 6 aromatic rings. The number of nitrogens with two attached hydrogens (primary N) is 1. The Labute approximate surface area is 423 Å². The number of rotatable bonds is 10. The van der Waals surface area contributed by atoms with Crippen LogP contribution in [0.5, 0.6) is 11.5 Å². The number of pyridine rings is 2. The lowest BCUT2D eigenvalue weighted by Gasteiger charge is -2.45. The number of piperidine rings is 6. The van der Waals surface area contributed by atoms with Gasteiger partial charge in [0.15, 0.2) is 11.4 Å². The summed E-state index contributed by atoms with van der Waals surface area (Å²) >= 11 is 5.73. The molecule has 4 aromatic heterocycles.